The van der Waals surface area contributed by atoms with Gasteiger partial charge in [-0.3, -0.25) is 105 Å². The number of amides is 22. The number of hydrogen-bond acceptors (Lipinski definition) is 32. The molecule has 145 heavy (non-hydrogen) atoms. The zero-order valence-electron chi connectivity index (χ0n) is 83.8. The number of aliphatic hydroxyl groups is 3. The van der Waals surface area contributed by atoms with E-state index in [9.17, 15) is 131 Å². The molecule has 1 aromatic rings. The zero-order chi connectivity index (χ0) is 110. The number of unbranched alkanes of at least 4 members (excludes halogenated alkanes) is 2. The number of hydrogen-bond donors (Lipinski definition) is 30. The number of thioether (sulfide) groups is 2. The summed E-state index contributed by atoms with van der Waals surface area (Å²) in [5, 5.41) is 82.1. The molecule has 37 N–H and O–H groups in total. The van der Waals surface area contributed by atoms with Crippen molar-refractivity contribution in [1.29, 1.82) is 0 Å². The molecule has 0 aliphatic heterocycles. The lowest BCUT2D eigenvalue weighted by Crippen LogP contribution is -2.63. The summed E-state index contributed by atoms with van der Waals surface area (Å²) in [5.41, 5.74) is 45.5. The van der Waals surface area contributed by atoms with Gasteiger partial charge >= 0.3 is 5.97 Å². The lowest BCUT2D eigenvalue weighted by Gasteiger charge is -2.30. The van der Waals surface area contributed by atoms with E-state index in [0.717, 1.165) is 6.92 Å². The summed E-state index contributed by atoms with van der Waals surface area (Å²) in [6, 6.07) is -21.9. The van der Waals surface area contributed by atoms with Crippen LogP contribution in [0.3, 0.4) is 0 Å². The van der Waals surface area contributed by atoms with Gasteiger partial charge in [-0.05, 0) is 157 Å². The first-order valence-electron chi connectivity index (χ1n) is 47.7. The van der Waals surface area contributed by atoms with Crippen LogP contribution in [-0.2, 0) is 117 Å². The number of aliphatic hydroxyl groups excluding tert-OH is 3. The Labute approximate surface area is 855 Å². The van der Waals surface area contributed by atoms with E-state index < -0.39 is 339 Å². The number of nitrogens with one attached hydrogen (secondary N) is 17. The SMILES string of the molecule is CC[C@H](C)[C@H](NC(=O)[C@H](CC(N)=O)NC(=O)[C@H](CC(C)C)NC(=O)[C@@H](N)CCSC)C(=O)N[C@@H](CO)C(=O)N[C@@H](CCSC)C(=O)N[C@@H](CC(C)C)C(=O)N[C@@H](CCC(N)=O)C(=O)N[C@H](C(=O)N[C@H](C(=O)N[C@@H](CCCCN)C(=O)N[C@@H](CCCCN)C(=O)N[C@@H](CCC(N)=O)C(=O)N[C@@H](CS)C(=O)N[C@@H](Cc1ccccc1)C(=O)N[C@@H](CCC(N)=O)C(=O)N[C@@H](CC(N)=O)C(=O)N[C@@H](CO)C(=O)O)C(C)C)[C@@H](C)O. The summed E-state index contributed by atoms with van der Waals surface area (Å²) in [4.78, 5) is 315. The third kappa shape index (κ3) is 51.0. The van der Waals surface area contributed by atoms with E-state index in [1.807, 2.05) is 11.6 Å². The largest absolute Gasteiger partial charge is 0.480 e. The van der Waals surface area contributed by atoms with E-state index in [1.165, 1.54) is 37.4 Å². The van der Waals surface area contributed by atoms with Crippen molar-refractivity contribution < 1.29 is 131 Å². The number of carboxylic acids is 1. The van der Waals surface area contributed by atoms with Crippen LogP contribution in [0.5, 0.6) is 0 Å². The minimum Gasteiger partial charge on any atom is -0.480 e. The molecule has 52 nitrogen and oxygen atoms in total. The fourth-order valence-electron chi connectivity index (χ4n) is 14.1. The quantitative estimate of drug-likeness (QED) is 0.0213. The maximum Gasteiger partial charge on any atom is 0.328 e. The van der Waals surface area contributed by atoms with E-state index in [2.05, 4.69) is 97.7 Å². The highest BCUT2D eigenvalue weighted by molar-refractivity contribution is 7.98. The highest BCUT2D eigenvalue weighted by Crippen LogP contribution is 2.18. The van der Waals surface area contributed by atoms with Crippen molar-refractivity contribution in [3.05, 3.63) is 35.9 Å². The van der Waals surface area contributed by atoms with Crippen LogP contribution in [0.4, 0.5) is 0 Å². The Morgan fingerprint density at radius 3 is 1.01 bits per heavy atom. The molecule has 818 valence electrons. The van der Waals surface area contributed by atoms with Gasteiger partial charge in [0, 0.05) is 31.4 Å². The van der Waals surface area contributed by atoms with Crippen molar-refractivity contribution in [2.45, 2.75) is 306 Å². The van der Waals surface area contributed by atoms with Gasteiger partial charge in [0.15, 0.2) is 0 Å². The molecule has 0 radical (unpaired) electrons. The third-order valence-electron chi connectivity index (χ3n) is 22.5. The van der Waals surface area contributed by atoms with E-state index in [-0.39, 0.29) is 102 Å². The summed E-state index contributed by atoms with van der Waals surface area (Å²) < 4.78 is 0. The molecule has 0 fully saturated rings. The van der Waals surface area contributed by atoms with Crippen molar-refractivity contribution in [1.82, 2.24) is 90.4 Å². The first-order chi connectivity index (χ1) is 68.2. The van der Waals surface area contributed by atoms with Gasteiger partial charge in [0.1, 0.15) is 103 Å². The average molecular weight is 2110 g/mol. The molecule has 1 aromatic carbocycles. The predicted octanol–water partition coefficient (Wildman–Crippen LogP) is -9.72. The van der Waals surface area contributed by atoms with Crippen LogP contribution < -0.4 is 136 Å². The molecule has 0 aliphatic rings. The fourth-order valence-corrected chi connectivity index (χ4v) is 15.3. The van der Waals surface area contributed by atoms with Crippen LogP contribution in [0, 0.1) is 23.7 Å². The molecule has 0 bridgehead atoms. The van der Waals surface area contributed by atoms with E-state index >= 15 is 0 Å². The summed E-state index contributed by atoms with van der Waals surface area (Å²) in [7, 11) is 0. The Hall–Kier alpha value is -12.2. The number of primary amides is 5. The summed E-state index contributed by atoms with van der Waals surface area (Å²) >= 11 is 6.96. The number of aliphatic carboxylic acids is 1. The van der Waals surface area contributed by atoms with Gasteiger partial charge in [-0.1, -0.05) is 92.1 Å². The Morgan fingerprint density at radius 1 is 0.338 bits per heavy atom. The molecule has 0 spiro atoms. The van der Waals surface area contributed by atoms with E-state index in [1.54, 1.807) is 78.1 Å². The second-order valence-electron chi connectivity index (χ2n) is 36.1. The lowest BCUT2D eigenvalue weighted by molar-refractivity contribution is -0.143. The van der Waals surface area contributed by atoms with Gasteiger partial charge < -0.3 is 157 Å². The van der Waals surface area contributed by atoms with Crippen molar-refractivity contribution in [2.75, 3.05) is 56.1 Å². The number of carbonyl (C=O) groups is 23. The molecular formula is C90H153N25O27S3. The zero-order valence-corrected chi connectivity index (χ0v) is 86.3. The van der Waals surface area contributed by atoms with Crippen molar-refractivity contribution in [2.24, 2.45) is 69.5 Å². The highest BCUT2D eigenvalue weighted by Gasteiger charge is 2.42. The molecule has 1 rings (SSSR count). The fraction of sp³-hybridized carbons (Fsp3) is 0.678. The van der Waals surface area contributed by atoms with Crippen molar-refractivity contribution >= 4 is 172 Å². The molecule has 0 heterocycles. The lowest BCUT2D eigenvalue weighted by atomic mass is 9.97. The van der Waals surface area contributed by atoms with Crippen molar-refractivity contribution in [3.8, 4) is 0 Å². The Morgan fingerprint density at radius 2 is 0.634 bits per heavy atom. The Kier molecular flexibility index (Phi) is 63.0. The number of benzene rings is 1. The number of carboxylic acid groups (broad SMARTS) is 1. The second kappa shape index (κ2) is 69.8. The number of thiol groups is 1. The van der Waals surface area contributed by atoms with Gasteiger partial charge in [-0.2, -0.15) is 36.2 Å². The monoisotopic (exact) mass is 2110 g/mol. The van der Waals surface area contributed by atoms with Crippen LogP contribution in [0.15, 0.2) is 30.3 Å². The molecule has 20 atom stereocenters. The Balaban J connectivity index is 3.76. The summed E-state index contributed by atoms with van der Waals surface area (Å²) in [5.74, 6) is -27.3. The summed E-state index contributed by atoms with van der Waals surface area (Å²) in [6.07, 6.45) is -3.15. The van der Waals surface area contributed by atoms with Crippen LogP contribution >= 0.6 is 36.2 Å². The van der Waals surface area contributed by atoms with Gasteiger partial charge in [0.25, 0.3) is 0 Å². The Bertz CT molecular complexity index is 4470. The number of nitrogens with two attached hydrogens (primary N) is 8. The van der Waals surface area contributed by atoms with Gasteiger partial charge in [-0.25, -0.2) is 4.79 Å². The van der Waals surface area contributed by atoms with E-state index in [4.69, 9.17) is 45.9 Å². The van der Waals surface area contributed by atoms with Gasteiger partial charge in [-0.15, -0.1) is 0 Å². The molecule has 22 amide bonds. The third-order valence-corrected chi connectivity index (χ3v) is 24.2. The normalized spacial score (nSPS) is 15.4. The maximum absolute atomic E-state index is 14.8. The predicted molar refractivity (Wildman–Crippen MR) is 536 cm³/mol. The highest BCUT2D eigenvalue weighted by atomic mass is 32.2. The van der Waals surface area contributed by atoms with Crippen LogP contribution in [0.1, 0.15) is 190 Å². The van der Waals surface area contributed by atoms with Gasteiger partial charge in [0.2, 0.25) is 130 Å². The molecule has 0 saturated heterocycles. The summed E-state index contributed by atoms with van der Waals surface area (Å²) in [6.45, 7) is 12.1. The second-order valence-corrected chi connectivity index (χ2v) is 38.5. The molecular weight excluding hydrogens is 1960 g/mol. The average Bonchev–Trinajstić information content (AvgIpc) is 0.837. The topological polar surface area (TPSA) is 886 Å². The first kappa shape index (κ1) is 131. The molecule has 0 aromatic heterocycles. The first-order valence-corrected chi connectivity index (χ1v) is 51.1. The van der Waals surface area contributed by atoms with Crippen LogP contribution in [0.2, 0.25) is 0 Å². The minimum atomic E-state index is -1.99. The van der Waals surface area contributed by atoms with Crippen molar-refractivity contribution in [3.63, 3.8) is 0 Å². The van der Waals surface area contributed by atoms with Crippen LogP contribution in [0.25, 0.3) is 0 Å². The standard InChI is InChI=1S/C90H153N25O27S3/c1-12-47(8)71(114-84(135)61(40-69(98)123)109-81(132)57(36-44(2)3)105-73(124)50(93)30-34-144-10)88(139)110-62(41-116)85(136)103-56(31-35-145-11)78(129)106-58(37-45(4)5)80(131)102-55(26-29-67(96)121)79(130)115-72(48(9)118)89(140)113-70(46(6)7)87(138)104-52(23-17-19-33-92)75(126)99-51(22-16-18-32-91)74(125)100-54(25-28-66(95)120)77(128)112-64(43-143)86(137)107-59(38-49-20-14-13-15-21-49)82(133)101-53(24-27-65(94)119)76(127)108-60(39-68(97)122)83(134)111-63(42-117)90(141)142/h13-15,20-21,44-48,50-64,70-72,116-118,143H,12,16-19,22-43,91-93H2,1-11H3,(H2,94,119)(H2,95,120)(H2,96,121)(H2,97,122)(H2,98,123)(H,99,126)(H,100,125)(H,101,133)(H,102,131)(H,103,136)(H,104,138)(H,105,124)(H,106,129)(H,107,137)(H,108,127)(H,109,132)(H,110,139)(H,111,134)(H,112,128)(H,113,140)(H,114,135)(H,115,130)(H,141,142)/t47-,48+,50-,51-,52-,53-,54-,55-,56-,57-,58-,59-,60-,61-,62-,63-,64-,70-,71-,72-/m0/s1. The molecule has 0 saturated carbocycles. The maximum atomic E-state index is 14.8. The molecule has 55 heteroatoms. The number of rotatable bonds is 75. The van der Waals surface area contributed by atoms with Crippen LogP contribution in [-0.4, -0.2) is 327 Å². The van der Waals surface area contributed by atoms with E-state index in [0.29, 0.717) is 11.3 Å². The smallest absolute Gasteiger partial charge is 0.328 e. The molecule has 0 aliphatic carbocycles. The minimum absolute atomic E-state index is 0.0790. The number of carbonyl (C=O) groups excluding carboxylic acids is 22. The molecule has 0 unspecified atom stereocenters. The van der Waals surface area contributed by atoms with Gasteiger partial charge in [0.05, 0.1) is 38.2 Å².